The lowest BCUT2D eigenvalue weighted by atomic mass is 10.1. The number of fused-ring (bicyclic) bond motifs is 1. The van der Waals surface area contributed by atoms with Crippen LogP contribution in [0.4, 0.5) is 5.82 Å². The van der Waals surface area contributed by atoms with Gasteiger partial charge in [-0.25, -0.2) is 14.5 Å². The zero-order chi connectivity index (χ0) is 22.2. The normalized spacial score (nSPS) is 21.8. The topological polar surface area (TPSA) is 91.6 Å². The minimum atomic E-state index is -0.393. The number of nitrogens with zero attached hydrogens (tertiary/aromatic N) is 5. The van der Waals surface area contributed by atoms with Crippen molar-refractivity contribution >= 4 is 33.5 Å². The summed E-state index contributed by atoms with van der Waals surface area (Å²) < 4.78 is 24.0. The van der Waals surface area contributed by atoms with Gasteiger partial charge in [-0.05, 0) is 56.8 Å². The van der Waals surface area contributed by atoms with Gasteiger partial charge in [0, 0.05) is 13.2 Å². The molecule has 9 nitrogen and oxygen atoms in total. The Morgan fingerprint density at radius 2 is 2.16 bits per heavy atom. The van der Waals surface area contributed by atoms with Gasteiger partial charge < -0.3 is 19.1 Å². The van der Waals surface area contributed by atoms with Crippen molar-refractivity contribution in [2.75, 3.05) is 38.4 Å². The summed E-state index contributed by atoms with van der Waals surface area (Å²) in [6, 6.07) is 3.97. The Kier molecular flexibility index (Phi) is 5.83. The molecule has 32 heavy (non-hydrogen) atoms. The molecule has 0 N–H and O–H groups in total. The summed E-state index contributed by atoms with van der Waals surface area (Å²) in [5.74, 6) is 0.335. The maximum absolute atomic E-state index is 12.7. The van der Waals surface area contributed by atoms with Gasteiger partial charge in [-0.3, -0.25) is 0 Å². The Morgan fingerprint density at radius 3 is 2.91 bits per heavy atom. The van der Waals surface area contributed by atoms with Gasteiger partial charge >= 0.3 is 5.97 Å². The van der Waals surface area contributed by atoms with Gasteiger partial charge in [-0.15, -0.1) is 0 Å². The molecule has 0 bridgehead atoms. The second-order valence-electron chi connectivity index (χ2n) is 8.28. The minimum absolute atomic E-state index is 0.119. The number of anilines is 1. The second kappa shape index (κ2) is 8.76. The fraction of sp³-hybridized carbons (Fsp3) is 0.545. The van der Waals surface area contributed by atoms with E-state index in [1.54, 1.807) is 0 Å². The van der Waals surface area contributed by atoms with E-state index in [1.807, 2.05) is 23.7 Å². The number of hydrogen-bond donors (Lipinski definition) is 0. The standard InChI is InChI=1S/C22H27N5O4S/c1-13-10-16(27(24-13)18-6-4-5-8-31-18)19-20-21(32-25-19)15(22(28)29-3)11-17(23-20)26-7-9-30-12-14(26)2/h10-11,14,18H,4-9,12H2,1-3H3/t14-,18?/m1/s1. The smallest absolute Gasteiger partial charge is 0.339 e. The maximum atomic E-state index is 12.7. The number of hydrogen-bond acceptors (Lipinski definition) is 9. The molecule has 0 aliphatic carbocycles. The molecular formula is C22H27N5O4S. The monoisotopic (exact) mass is 457 g/mol. The molecular weight excluding hydrogens is 430 g/mol. The molecule has 2 aliphatic rings. The van der Waals surface area contributed by atoms with Crippen molar-refractivity contribution in [2.24, 2.45) is 0 Å². The fourth-order valence-corrected chi connectivity index (χ4v) is 5.21. The van der Waals surface area contributed by atoms with Crippen LogP contribution in [0.15, 0.2) is 12.1 Å². The van der Waals surface area contributed by atoms with Crippen LogP contribution in [0.1, 0.15) is 48.5 Å². The van der Waals surface area contributed by atoms with E-state index in [-0.39, 0.29) is 12.3 Å². The summed E-state index contributed by atoms with van der Waals surface area (Å²) in [5.41, 5.74) is 3.63. The predicted octanol–water partition coefficient (Wildman–Crippen LogP) is 3.57. The second-order valence-corrected chi connectivity index (χ2v) is 9.06. The van der Waals surface area contributed by atoms with E-state index in [0.717, 1.165) is 43.1 Å². The molecule has 5 heterocycles. The van der Waals surface area contributed by atoms with Crippen molar-refractivity contribution in [1.82, 2.24) is 19.1 Å². The molecule has 2 atom stereocenters. The highest BCUT2D eigenvalue weighted by Crippen LogP contribution is 2.37. The summed E-state index contributed by atoms with van der Waals surface area (Å²) in [5, 5.41) is 4.71. The lowest BCUT2D eigenvalue weighted by molar-refractivity contribution is -0.0385. The van der Waals surface area contributed by atoms with E-state index in [2.05, 4.69) is 11.8 Å². The first-order valence-electron chi connectivity index (χ1n) is 11.0. The maximum Gasteiger partial charge on any atom is 0.339 e. The number of ether oxygens (including phenoxy) is 3. The van der Waals surface area contributed by atoms with Crippen molar-refractivity contribution in [1.29, 1.82) is 0 Å². The molecule has 2 fully saturated rings. The van der Waals surface area contributed by atoms with Gasteiger partial charge in [0.15, 0.2) is 6.23 Å². The Balaban J connectivity index is 1.67. The van der Waals surface area contributed by atoms with E-state index in [0.29, 0.717) is 41.2 Å². The Hall–Kier alpha value is -2.56. The number of aromatic nitrogens is 4. The molecule has 3 aromatic heterocycles. The summed E-state index contributed by atoms with van der Waals surface area (Å²) in [6.07, 6.45) is 2.96. The van der Waals surface area contributed by atoms with Gasteiger partial charge in [-0.1, -0.05) is 0 Å². The molecule has 170 valence electrons. The highest BCUT2D eigenvalue weighted by atomic mass is 32.1. The van der Waals surface area contributed by atoms with Crippen LogP contribution in [0.25, 0.3) is 21.6 Å². The van der Waals surface area contributed by atoms with Crippen molar-refractivity contribution in [3.8, 4) is 11.4 Å². The molecule has 2 saturated heterocycles. The highest BCUT2D eigenvalue weighted by molar-refractivity contribution is 7.14. The van der Waals surface area contributed by atoms with Crippen LogP contribution in [0.5, 0.6) is 0 Å². The van der Waals surface area contributed by atoms with Gasteiger partial charge in [0.1, 0.15) is 17.0 Å². The third-order valence-corrected chi connectivity index (χ3v) is 6.88. The lowest BCUT2D eigenvalue weighted by Crippen LogP contribution is -2.44. The first-order chi connectivity index (χ1) is 15.6. The number of carbonyl (C=O) groups is 1. The highest BCUT2D eigenvalue weighted by Gasteiger charge is 2.28. The Labute approximate surface area is 190 Å². The summed E-state index contributed by atoms with van der Waals surface area (Å²) in [7, 11) is 1.40. The van der Waals surface area contributed by atoms with E-state index >= 15 is 0 Å². The van der Waals surface area contributed by atoms with Gasteiger partial charge in [0.05, 0.1) is 48.0 Å². The third kappa shape index (κ3) is 3.76. The molecule has 1 unspecified atom stereocenters. The molecule has 5 rings (SSSR count). The fourth-order valence-electron chi connectivity index (χ4n) is 4.38. The molecule has 3 aromatic rings. The van der Waals surface area contributed by atoms with Crippen LogP contribution in [0.2, 0.25) is 0 Å². The zero-order valence-electron chi connectivity index (χ0n) is 18.5. The third-order valence-electron chi connectivity index (χ3n) is 6.01. The van der Waals surface area contributed by atoms with Crippen LogP contribution in [0, 0.1) is 6.92 Å². The van der Waals surface area contributed by atoms with E-state index in [4.69, 9.17) is 28.7 Å². The molecule has 0 spiro atoms. The van der Waals surface area contributed by atoms with Crippen molar-refractivity contribution in [3.05, 3.63) is 23.4 Å². The summed E-state index contributed by atoms with van der Waals surface area (Å²) in [4.78, 5) is 19.8. The number of aryl methyl sites for hydroxylation is 1. The van der Waals surface area contributed by atoms with Crippen molar-refractivity contribution < 1.29 is 19.0 Å². The summed E-state index contributed by atoms with van der Waals surface area (Å²) in [6.45, 7) is 6.73. The minimum Gasteiger partial charge on any atom is -0.465 e. The van der Waals surface area contributed by atoms with Gasteiger partial charge in [0.2, 0.25) is 0 Å². The van der Waals surface area contributed by atoms with E-state index in [1.165, 1.54) is 18.6 Å². The van der Waals surface area contributed by atoms with Gasteiger partial charge in [0.25, 0.3) is 0 Å². The number of methoxy groups -OCH3 is 1. The van der Waals surface area contributed by atoms with Crippen LogP contribution in [-0.2, 0) is 14.2 Å². The number of morpholine rings is 1. The quantitative estimate of drug-likeness (QED) is 0.549. The predicted molar refractivity (Wildman–Crippen MR) is 121 cm³/mol. The van der Waals surface area contributed by atoms with Crippen molar-refractivity contribution in [3.63, 3.8) is 0 Å². The SMILES string of the molecule is COC(=O)c1cc(N2CCOC[C@H]2C)nc2c(-c3cc(C)nn3C3CCCCO3)nsc12. The lowest BCUT2D eigenvalue weighted by Gasteiger charge is -2.34. The average Bonchev–Trinajstić information content (AvgIpc) is 3.42. The van der Waals surface area contributed by atoms with Crippen molar-refractivity contribution in [2.45, 2.75) is 45.4 Å². The van der Waals surface area contributed by atoms with Crippen LogP contribution in [-0.4, -0.2) is 64.6 Å². The van der Waals surface area contributed by atoms with Crippen LogP contribution >= 0.6 is 11.5 Å². The van der Waals surface area contributed by atoms with E-state index < -0.39 is 5.97 Å². The Morgan fingerprint density at radius 1 is 1.28 bits per heavy atom. The first-order valence-corrected chi connectivity index (χ1v) is 11.8. The molecule has 0 radical (unpaired) electrons. The largest absolute Gasteiger partial charge is 0.465 e. The molecule has 0 saturated carbocycles. The number of esters is 1. The number of carbonyl (C=O) groups excluding carboxylic acids is 1. The number of pyridine rings is 1. The molecule has 2 aliphatic heterocycles. The first kappa shape index (κ1) is 21.3. The van der Waals surface area contributed by atoms with Gasteiger partial charge in [-0.2, -0.15) is 9.47 Å². The molecule has 0 aromatic carbocycles. The molecule has 10 heteroatoms. The molecule has 0 amide bonds. The number of rotatable bonds is 4. The average molecular weight is 458 g/mol. The van der Waals surface area contributed by atoms with E-state index in [9.17, 15) is 4.79 Å². The van der Waals surface area contributed by atoms with Crippen LogP contribution in [0.3, 0.4) is 0 Å². The summed E-state index contributed by atoms with van der Waals surface area (Å²) >= 11 is 1.26. The zero-order valence-corrected chi connectivity index (χ0v) is 19.4. The Bertz CT molecular complexity index is 1140. The van der Waals surface area contributed by atoms with Crippen LogP contribution < -0.4 is 4.90 Å².